The molecule has 24 heavy (non-hydrogen) atoms. The van der Waals surface area contributed by atoms with Crippen LogP contribution in [0.5, 0.6) is 0 Å². The molecule has 2 aromatic heterocycles. The van der Waals surface area contributed by atoms with E-state index in [9.17, 15) is 21.6 Å². The largest absolute Gasteiger partial charge is 0.432 e. The Morgan fingerprint density at radius 2 is 1.96 bits per heavy atom. The van der Waals surface area contributed by atoms with Crippen molar-refractivity contribution in [1.82, 2.24) is 14.5 Å². The van der Waals surface area contributed by atoms with Crippen molar-refractivity contribution >= 4 is 21.4 Å². The second-order valence-corrected chi connectivity index (χ2v) is 8.37. The number of hydrogen-bond acceptors (Lipinski definition) is 5. The molecule has 1 saturated heterocycles. The molecule has 0 aromatic carbocycles. The molecule has 1 aliphatic heterocycles. The minimum absolute atomic E-state index is 0.0684. The number of rotatable bonds is 3. The number of alkyl halides is 3. The number of halogens is 3. The summed E-state index contributed by atoms with van der Waals surface area (Å²) >= 11 is 1.10. The van der Waals surface area contributed by atoms with Gasteiger partial charge in [-0.15, -0.1) is 11.3 Å². The summed E-state index contributed by atoms with van der Waals surface area (Å²) in [5, 5.41) is 5.57. The minimum atomic E-state index is -4.53. The summed E-state index contributed by atoms with van der Waals surface area (Å²) in [6, 6.07) is 2.25. The monoisotopic (exact) mass is 381 g/mol. The van der Waals surface area contributed by atoms with Gasteiger partial charge in [0.2, 0.25) is 10.0 Å². The molecule has 0 atom stereocenters. The first-order valence-corrected chi connectivity index (χ1v) is 9.26. The average molecular weight is 381 g/mol. The Morgan fingerprint density at radius 3 is 2.54 bits per heavy atom. The number of aryl methyl sites for hydroxylation is 1. The topological polar surface area (TPSA) is 75.3 Å². The molecule has 2 aromatic rings. The van der Waals surface area contributed by atoms with Crippen LogP contribution in [0.15, 0.2) is 17.0 Å². The Balaban J connectivity index is 1.94. The summed E-state index contributed by atoms with van der Waals surface area (Å²) in [5.74, 6) is 0. The summed E-state index contributed by atoms with van der Waals surface area (Å²) in [4.78, 5) is 0.972. The van der Waals surface area contributed by atoms with Crippen LogP contribution in [-0.4, -0.2) is 49.2 Å². The van der Waals surface area contributed by atoms with E-state index < -0.39 is 21.9 Å². The Labute approximate surface area is 140 Å². The zero-order valence-corrected chi connectivity index (χ0v) is 14.2. The molecule has 1 fully saturated rings. The van der Waals surface area contributed by atoms with Crippen LogP contribution in [-0.2, 0) is 20.9 Å². The van der Waals surface area contributed by atoms with E-state index in [1.54, 1.807) is 6.92 Å². The first-order valence-electron chi connectivity index (χ1n) is 7.01. The van der Waals surface area contributed by atoms with Gasteiger partial charge in [0, 0.05) is 18.0 Å². The van der Waals surface area contributed by atoms with Crippen LogP contribution in [0.4, 0.5) is 13.2 Å². The van der Waals surface area contributed by atoms with E-state index in [0.717, 1.165) is 17.4 Å². The molecule has 3 rings (SSSR count). The molecule has 1 aliphatic rings. The normalized spacial score (nSPS) is 17.3. The zero-order chi connectivity index (χ0) is 17.5. The quantitative estimate of drug-likeness (QED) is 0.886. The Kier molecular flexibility index (Phi) is 4.45. The standard InChI is InChI=1S/C13H14F3N3O3S2/c1-8-11(24(20,21)19-2-4-22-5-3-19)7-10(23-8)9-6-12(18-17-9)13(14,15)16/h6-7H,2-5H2,1H3,(H,17,18). The van der Waals surface area contributed by atoms with Crippen LogP contribution < -0.4 is 0 Å². The van der Waals surface area contributed by atoms with Crippen molar-refractivity contribution in [2.75, 3.05) is 26.3 Å². The fourth-order valence-corrected chi connectivity index (χ4v) is 5.30. The number of nitrogens with zero attached hydrogens (tertiary/aromatic N) is 2. The lowest BCUT2D eigenvalue weighted by Gasteiger charge is -2.25. The van der Waals surface area contributed by atoms with Gasteiger partial charge >= 0.3 is 6.18 Å². The number of thiophene rings is 1. The highest BCUT2D eigenvalue weighted by atomic mass is 32.2. The molecule has 1 N–H and O–H groups in total. The van der Waals surface area contributed by atoms with Gasteiger partial charge in [-0.2, -0.15) is 22.6 Å². The molecule has 0 aliphatic carbocycles. The fourth-order valence-electron chi connectivity index (χ4n) is 2.37. The third-order valence-electron chi connectivity index (χ3n) is 3.60. The van der Waals surface area contributed by atoms with Gasteiger partial charge in [0.1, 0.15) is 11.4 Å². The summed E-state index contributed by atoms with van der Waals surface area (Å²) in [6.45, 7) is 2.78. The van der Waals surface area contributed by atoms with Crippen LogP contribution in [0.1, 0.15) is 10.6 Å². The number of ether oxygens (including phenoxy) is 1. The highest BCUT2D eigenvalue weighted by Gasteiger charge is 2.34. The summed E-state index contributed by atoms with van der Waals surface area (Å²) < 4.78 is 69.8. The van der Waals surface area contributed by atoms with Gasteiger partial charge in [-0.1, -0.05) is 0 Å². The molecular formula is C13H14F3N3O3S2. The van der Waals surface area contributed by atoms with Crippen LogP contribution in [0.25, 0.3) is 10.6 Å². The van der Waals surface area contributed by atoms with Crippen LogP contribution in [0, 0.1) is 6.92 Å². The van der Waals surface area contributed by atoms with Gasteiger partial charge in [-0.25, -0.2) is 8.42 Å². The van der Waals surface area contributed by atoms with E-state index in [1.807, 2.05) is 5.10 Å². The van der Waals surface area contributed by atoms with Gasteiger partial charge in [0.15, 0.2) is 0 Å². The number of H-pyrrole nitrogens is 1. The molecule has 11 heteroatoms. The predicted molar refractivity (Wildman–Crippen MR) is 81.2 cm³/mol. The van der Waals surface area contributed by atoms with Gasteiger partial charge in [0.05, 0.1) is 23.0 Å². The predicted octanol–water partition coefficient (Wildman–Crippen LogP) is 2.49. The van der Waals surface area contributed by atoms with Gasteiger partial charge in [-0.05, 0) is 19.1 Å². The lowest BCUT2D eigenvalue weighted by atomic mass is 10.3. The Bertz CT molecular complexity index is 836. The molecular weight excluding hydrogens is 367 g/mol. The minimum Gasteiger partial charge on any atom is -0.379 e. The maximum Gasteiger partial charge on any atom is 0.432 e. The zero-order valence-electron chi connectivity index (χ0n) is 12.6. The van der Waals surface area contributed by atoms with E-state index in [-0.39, 0.29) is 23.7 Å². The van der Waals surface area contributed by atoms with Gasteiger partial charge < -0.3 is 4.74 Å². The Morgan fingerprint density at radius 1 is 1.29 bits per heavy atom. The van der Waals surface area contributed by atoms with Crippen molar-refractivity contribution in [3.05, 3.63) is 22.7 Å². The molecule has 3 heterocycles. The van der Waals surface area contributed by atoms with Crippen LogP contribution in [0.2, 0.25) is 0 Å². The molecule has 0 bridgehead atoms. The first kappa shape index (κ1) is 17.4. The second kappa shape index (κ2) is 6.14. The van der Waals surface area contributed by atoms with E-state index >= 15 is 0 Å². The van der Waals surface area contributed by atoms with Crippen molar-refractivity contribution in [2.45, 2.75) is 18.0 Å². The SMILES string of the molecule is Cc1sc(-c2cc(C(F)(F)F)[nH]n2)cc1S(=O)(=O)N1CCOCC1. The lowest BCUT2D eigenvalue weighted by molar-refractivity contribution is -0.141. The third kappa shape index (κ3) is 3.21. The van der Waals surface area contributed by atoms with E-state index in [1.165, 1.54) is 10.4 Å². The molecule has 6 nitrogen and oxygen atoms in total. The number of hydrogen-bond donors (Lipinski definition) is 1. The number of aromatic amines is 1. The molecule has 132 valence electrons. The van der Waals surface area contributed by atoms with E-state index in [0.29, 0.717) is 23.0 Å². The first-order chi connectivity index (χ1) is 11.2. The van der Waals surface area contributed by atoms with Crippen LogP contribution in [0.3, 0.4) is 0 Å². The number of morpholine rings is 1. The highest BCUT2D eigenvalue weighted by molar-refractivity contribution is 7.89. The summed E-state index contributed by atoms with van der Waals surface area (Å²) in [7, 11) is -3.70. The van der Waals surface area contributed by atoms with Crippen molar-refractivity contribution in [3.8, 4) is 10.6 Å². The van der Waals surface area contributed by atoms with Crippen molar-refractivity contribution in [3.63, 3.8) is 0 Å². The smallest absolute Gasteiger partial charge is 0.379 e. The van der Waals surface area contributed by atoms with Crippen LogP contribution >= 0.6 is 11.3 Å². The maximum absolute atomic E-state index is 12.7. The van der Waals surface area contributed by atoms with Crippen molar-refractivity contribution in [2.24, 2.45) is 0 Å². The molecule has 0 saturated carbocycles. The fraction of sp³-hybridized carbons (Fsp3) is 0.462. The second-order valence-electron chi connectivity index (χ2n) is 5.21. The number of sulfonamides is 1. The molecule has 0 unspecified atom stereocenters. The van der Waals surface area contributed by atoms with Gasteiger partial charge in [-0.3, -0.25) is 5.10 Å². The molecule has 0 spiro atoms. The Hall–Kier alpha value is -1.43. The lowest BCUT2D eigenvalue weighted by Crippen LogP contribution is -2.40. The average Bonchev–Trinajstić information content (AvgIpc) is 3.14. The maximum atomic E-state index is 12.7. The summed E-state index contributed by atoms with van der Waals surface area (Å²) in [6.07, 6.45) is -4.53. The molecule has 0 amide bonds. The number of nitrogens with one attached hydrogen (secondary N) is 1. The molecule has 0 radical (unpaired) electrons. The van der Waals surface area contributed by atoms with E-state index in [2.05, 4.69) is 5.10 Å². The van der Waals surface area contributed by atoms with Gasteiger partial charge in [0.25, 0.3) is 0 Å². The highest BCUT2D eigenvalue weighted by Crippen LogP contribution is 2.36. The van der Waals surface area contributed by atoms with Crippen molar-refractivity contribution in [1.29, 1.82) is 0 Å². The number of aromatic nitrogens is 2. The van der Waals surface area contributed by atoms with Crippen molar-refractivity contribution < 1.29 is 26.3 Å². The van der Waals surface area contributed by atoms with E-state index in [4.69, 9.17) is 4.74 Å². The summed E-state index contributed by atoms with van der Waals surface area (Å²) in [5.41, 5.74) is -0.903. The third-order valence-corrected chi connectivity index (χ3v) is 6.82.